The van der Waals surface area contributed by atoms with Gasteiger partial charge >= 0.3 is 11.4 Å². The van der Waals surface area contributed by atoms with Crippen molar-refractivity contribution in [3.8, 4) is 5.69 Å². The van der Waals surface area contributed by atoms with Crippen molar-refractivity contribution >= 4 is 15.9 Å². The van der Waals surface area contributed by atoms with Gasteiger partial charge in [0.2, 0.25) is 0 Å². The van der Waals surface area contributed by atoms with E-state index in [0.717, 1.165) is 4.57 Å². The van der Waals surface area contributed by atoms with Gasteiger partial charge in [-0.1, -0.05) is 0 Å². The summed E-state index contributed by atoms with van der Waals surface area (Å²) in [6.07, 6.45) is 0. The van der Waals surface area contributed by atoms with Gasteiger partial charge in [-0.3, -0.25) is 0 Å². The summed E-state index contributed by atoms with van der Waals surface area (Å²) in [6.45, 7) is 1.61. The number of halogens is 2. The Balaban J connectivity index is 2.80. The third-order valence-electron chi connectivity index (χ3n) is 2.16. The average Bonchev–Trinajstić information content (AvgIpc) is 2.53. The minimum absolute atomic E-state index is 0.195. The zero-order valence-corrected chi connectivity index (χ0v) is 9.76. The predicted molar refractivity (Wildman–Crippen MR) is 59.4 cm³/mol. The van der Waals surface area contributed by atoms with Crippen molar-refractivity contribution in [2.24, 2.45) is 0 Å². The van der Waals surface area contributed by atoms with Crippen LogP contribution in [0.3, 0.4) is 0 Å². The van der Waals surface area contributed by atoms with E-state index < -0.39 is 17.2 Å². The van der Waals surface area contributed by atoms with E-state index in [2.05, 4.69) is 26.1 Å². The first-order valence-corrected chi connectivity index (χ1v) is 5.15. The minimum Gasteiger partial charge on any atom is -0.247 e. The molecule has 0 aliphatic rings. The second-order valence-corrected chi connectivity index (χ2v) is 4.10. The fourth-order valence-electron chi connectivity index (χ4n) is 1.41. The third-order valence-corrected chi connectivity index (χ3v) is 2.77. The van der Waals surface area contributed by atoms with Crippen LogP contribution >= 0.6 is 15.9 Å². The van der Waals surface area contributed by atoms with Crippen molar-refractivity contribution in [2.75, 3.05) is 0 Å². The number of nitrogens with zero attached hydrogens (tertiary/aromatic N) is 1. The van der Waals surface area contributed by atoms with Crippen LogP contribution in [0, 0.1) is 12.7 Å². The summed E-state index contributed by atoms with van der Waals surface area (Å²) < 4.78 is 14.3. The second kappa shape index (κ2) is 3.75. The van der Waals surface area contributed by atoms with Crippen LogP contribution in [0.5, 0.6) is 0 Å². The van der Waals surface area contributed by atoms with Crippen LogP contribution in [0.15, 0.2) is 26.2 Å². The fraction of sp³-hybridized carbons (Fsp3) is 0.111. The molecule has 0 aliphatic heterocycles. The highest BCUT2D eigenvalue weighted by Crippen LogP contribution is 2.21. The molecule has 1 heterocycles. The number of benzene rings is 1. The maximum absolute atomic E-state index is 13.2. The van der Waals surface area contributed by atoms with Crippen molar-refractivity contribution in [1.29, 1.82) is 0 Å². The van der Waals surface area contributed by atoms with Crippen molar-refractivity contribution in [3.05, 3.63) is 49.0 Å². The number of aryl methyl sites for hydroxylation is 1. The van der Waals surface area contributed by atoms with E-state index in [1.54, 1.807) is 6.92 Å². The molecule has 2 aromatic rings. The fourth-order valence-corrected chi connectivity index (χ4v) is 1.74. The van der Waals surface area contributed by atoms with Crippen LogP contribution in [0.25, 0.3) is 5.69 Å². The van der Waals surface area contributed by atoms with Crippen LogP contribution in [-0.2, 0) is 0 Å². The second-order valence-electron chi connectivity index (χ2n) is 3.25. The van der Waals surface area contributed by atoms with Gasteiger partial charge in [-0.15, -0.1) is 0 Å². The van der Waals surface area contributed by atoms with Gasteiger partial charge in [0.25, 0.3) is 0 Å². The van der Waals surface area contributed by atoms with Crippen LogP contribution < -0.4 is 11.4 Å². The third kappa shape index (κ3) is 1.63. The Labute approximate surface area is 97.0 Å². The Kier molecular flexibility index (Phi) is 2.55. The molecule has 0 saturated heterocycles. The molecule has 5 nitrogen and oxygen atoms in total. The SMILES string of the molecule is Cc1cc(F)c(Br)cc1-n1c(=O)[nH][nH]c1=O. The first-order valence-electron chi connectivity index (χ1n) is 4.36. The lowest BCUT2D eigenvalue weighted by atomic mass is 10.2. The number of nitrogens with one attached hydrogen (secondary N) is 2. The van der Waals surface area contributed by atoms with Crippen LogP contribution in [0.2, 0.25) is 0 Å². The maximum Gasteiger partial charge on any atom is 0.348 e. The summed E-state index contributed by atoms with van der Waals surface area (Å²) in [5, 5.41) is 4.32. The highest BCUT2D eigenvalue weighted by atomic mass is 79.9. The number of H-pyrrole nitrogens is 2. The van der Waals surface area contributed by atoms with Gasteiger partial charge in [0.15, 0.2) is 0 Å². The number of aromatic nitrogens is 3. The molecule has 0 spiro atoms. The Hall–Kier alpha value is -1.63. The molecule has 0 unspecified atom stereocenters. The minimum atomic E-state index is -0.591. The molecular weight excluding hydrogens is 281 g/mol. The molecule has 0 atom stereocenters. The van der Waals surface area contributed by atoms with Gasteiger partial charge in [-0.25, -0.2) is 28.7 Å². The number of aromatic amines is 2. The molecule has 2 rings (SSSR count). The molecule has 0 amide bonds. The summed E-state index contributed by atoms with van der Waals surface area (Å²) in [5.74, 6) is -0.443. The first-order chi connectivity index (χ1) is 7.50. The molecule has 0 fully saturated rings. The molecule has 1 aromatic heterocycles. The van der Waals surface area contributed by atoms with Gasteiger partial charge in [0.1, 0.15) is 5.82 Å². The van der Waals surface area contributed by atoms with E-state index in [9.17, 15) is 14.0 Å². The highest BCUT2D eigenvalue weighted by molar-refractivity contribution is 9.10. The van der Waals surface area contributed by atoms with E-state index >= 15 is 0 Å². The largest absolute Gasteiger partial charge is 0.348 e. The normalized spacial score (nSPS) is 10.7. The molecule has 2 N–H and O–H groups in total. The van der Waals surface area contributed by atoms with Crippen molar-refractivity contribution in [2.45, 2.75) is 6.92 Å². The smallest absolute Gasteiger partial charge is 0.247 e. The van der Waals surface area contributed by atoms with E-state index in [0.29, 0.717) is 11.3 Å². The molecule has 7 heteroatoms. The highest BCUT2D eigenvalue weighted by Gasteiger charge is 2.11. The molecule has 0 radical (unpaired) electrons. The zero-order chi connectivity index (χ0) is 11.9. The van der Waals surface area contributed by atoms with Crippen molar-refractivity contribution in [3.63, 3.8) is 0 Å². The van der Waals surface area contributed by atoms with Crippen LogP contribution in [0.1, 0.15) is 5.56 Å². The number of hydrogen-bond donors (Lipinski definition) is 2. The van der Waals surface area contributed by atoms with E-state index in [4.69, 9.17) is 0 Å². The Morgan fingerprint density at radius 2 is 1.81 bits per heavy atom. The monoisotopic (exact) mass is 287 g/mol. The molecule has 16 heavy (non-hydrogen) atoms. The van der Waals surface area contributed by atoms with Crippen LogP contribution in [0.4, 0.5) is 4.39 Å². The molecule has 0 aliphatic carbocycles. The molecule has 0 bridgehead atoms. The van der Waals surface area contributed by atoms with E-state index in [-0.39, 0.29) is 4.47 Å². The Morgan fingerprint density at radius 1 is 1.25 bits per heavy atom. The predicted octanol–water partition coefficient (Wildman–Crippen LogP) is 1.06. The standard InChI is InChI=1S/C9H7BrFN3O2/c1-4-2-6(11)5(10)3-7(4)14-8(15)12-13-9(14)16/h2-3H,1H3,(H,12,15)(H,13,16). The number of hydrogen-bond acceptors (Lipinski definition) is 2. The van der Waals surface area contributed by atoms with E-state index in [1.165, 1.54) is 12.1 Å². The lowest BCUT2D eigenvalue weighted by molar-refractivity contribution is 0.619. The van der Waals surface area contributed by atoms with Crippen molar-refractivity contribution in [1.82, 2.24) is 14.8 Å². The lowest BCUT2D eigenvalue weighted by Crippen LogP contribution is -2.25. The summed E-state index contributed by atoms with van der Waals surface area (Å²) in [4.78, 5) is 22.7. The van der Waals surface area contributed by atoms with Gasteiger partial charge in [-0.2, -0.15) is 0 Å². The van der Waals surface area contributed by atoms with Gasteiger partial charge in [0.05, 0.1) is 10.2 Å². The molecule has 84 valence electrons. The average molecular weight is 288 g/mol. The number of rotatable bonds is 1. The van der Waals surface area contributed by atoms with Gasteiger partial charge < -0.3 is 0 Å². The molecule has 0 saturated carbocycles. The summed E-state index contributed by atoms with van der Waals surface area (Å²) in [5.41, 5.74) is -0.355. The summed E-state index contributed by atoms with van der Waals surface area (Å²) >= 11 is 3.00. The molecular formula is C9H7BrFN3O2. The topological polar surface area (TPSA) is 70.7 Å². The van der Waals surface area contributed by atoms with E-state index in [1.807, 2.05) is 0 Å². The summed E-state index contributed by atoms with van der Waals surface area (Å²) in [6, 6.07) is 2.63. The Bertz CT molecular complexity index is 628. The Morgan fingerprint density at radius 3 is 2.38 bits per heavy atom. The van der Waals surface area contributed by atoms with Gasteiger partial charge in [-0.05, 0) is 40.5 Å². The zero-order valence-electron chi connectivity index (χ0n) is 8.17. The summed E-state index contributed by atoms with van der Waals surface area (Å²) in [7, 11) is 0. The van der Waals surface area contributed by atoms with Crippen molar-refractivity contribution < 1.29 is 4.39 Å². The lowest BCUT2D eigenvalue weighted by Gasteiger charge is -2.05. The first kappa shape index (κ1) is 10.9. The van der Waals surface area contributed by atoms with Gasteiger partial charge in [0, 0.05) is 0 Å². The quantitative estimate of drug-likeness (QED) is 0.823. The molecule has 1 aromatic carbocycles. The van der Waals surface area contributed by atoms with Crippen LogP contribution in [-0.4, -0.2) is 14.8 Å². The maximum atomic E-state index is 13.2.